The molecule has 0 bridgehead atoms. The van der Waals surface area contributed by atoms with Crippen LogP contribution in [0.1, 0.15) is 55.6 Å². The summed E-state index contributed by atoms with van der Waals surface area (Å²) in [6, 6.07) is 1.54. The van der Waals surface area contributed by atoms with E-state index in [1.165, 1.54) is 12.3 Å². The van der Waals surface area contributed by atoms with E-state index in [9.17, 15) is 19.3 Å². The fraction of sp³-hybridized carbons (Fsp3) is 0.529. The smallest absolute Gasteiger partial charge is 0.335 e. The first-order chi connectivity index (χ1) is 11.9. The Morgan fingerprint density at radius 3 is 2.56 bits per heavy atom. The number of furan rings is 1. The van der Waals surface area contributed by atoms with Crippen molar-refractivity contribution in [1.29, 1.82) is 0 Å². The summed E-state index contributed by atoms with van der Waals surface area (Å²) in [5.74, 6) is -0.693. The van der Waals surface area contributed by atoms with Crippen LogP contribution in [0.15, 0.2) is 28.1 Å². The van der Waals surface area contributed by atoms with Gasteiger partial charge in [-0.3, -0.25) is 14.2 Å². The van der Waals surface area contributed by atoms with E-state index in [-0.39, 0.29) is 48.7 Å². The van der Waals surface area contributed by atoms with Gasteiger partial charge in [0, 0.05) is 30.4 Å². The molecule has 8 heteroatoms. The lowest BCUT2D eigenvalue weighted by molar-refractivity contribution is -0.116. The third kappa shape index (κ3) is 4.91. The zero-order chi connectivity index (χ0) is 18.4. The molecule has 0 unspecified atom stereocenters. The van der Waals surface area contributed by atoms with E-state index < -0.39 is 13.4 Å². The summed E-state index contributed by atoms with van der Waals surface area (Å²) in [5.41, 5.74) is 0.537. The Hall–Kier alpha value is -1.69. The van der Waals surface area contributed by atoms with Crippen LogP contribution in [0.3, 0.4) is 0 Å². The maximum absolute atomic E-state index is 12.6. The number of carbonyl (C=O) groups excluding carboxylic acids is 2. The number of allylic oxidation sites excluding steroid dienone is 2. The Labute approximate surface area is 146 Å². The van der Waals surface area contributed by atoms with Gasteiger partial charge in [-0.15, -0.1) is 0 Å². The van der Waals surface area contributed by atoms with Gasteiger partial charge in [0.15, 0.2) is 11.5 Å². The summed E-state index contributed by atoms with van der Waals surface area (Å²) >= 11 is 0. The predicted octanol–water partition coefficient (Wildman–Crippen LogP) is 4.18. The van der Waals surface area contributed by atoms with Crippen LogP contribution in [0.5, 0.6) is 0 Å². The molecule has 25 heavy (non-hydrogen) atoms. The summed E-state index contributed by atoms with van der Waals surface area (Å²) in [7, 11) is -3.38. The number of hydrogen-bond acceptors (Lipinski definition) is 7. The van der Waals surface area contributed by atoms with E-state index in [1.54, 1.807) is 13.8 Å². The van der Waals surface area contributed by atoms with E-state index in [4.69, 9.17) is 13.5 Å². The molecule has 138 valence electrons. The molecular formula is C17H23O7P. The fourth-order valence-electron chi connectivity index (χ4n) is 2.76. The second-order valence-electron chi connectivity index (χ2n) is 5.68. The van der Waals surface area contributed by atoms with Crippen LogP contribution in [0.4, 0.5) is 0 Å². The molecule has 1 aromatic rings. The van der Waals surface area contributed by atoms with Gasteiger partial charge < -0.3 is 18.6 Å². The van der Waals surface area contributed by atoms with Gasteiger partial charge in [-0.05, 0) is 26.3 Å². The van der Waals surface area contributed by atoms with Crippen molar-refractivity contribution in [2.24, 2.45) is 0 Å². The maximum Gasteiger partial charge on any atom is 0.335 e. The zero-order valence-electron chi connectivity index (χ0n) is 14.4. The highest BCUT2D eigenvalue weighted by Crippen LogP contribution is 2.51. The van der Waals surface area contributed by atoms with Crippen molar-refractivity contribution < 1.29 is 32.7 Å². The third-order valence-corrected chi connectivity index (χ3v) is 5.89. The summed E-state index contributed by atoms with van der Waals surface area (Å²) in [6.07, 6.45) is 2.29. The van der Waals surface area contributed by atoms with Gasteiger partial charge in [-0.1, -0.05) is 0 Å². The van der Waals surface area contributed by atoms with Crippen LogP contribution in [0.2, 0.25) is 0 Å². The molecule has 1 heterocycles. The molecule has 2 rings (SSSR count). The van der Waals surface area contributed by atoms with Gasteiger partial charge >= 0.3 is 7.60 Å². The van der Waals surface area contributed by atoms with Crippen molar-refractivity contribution in [2.75, 3.05) is 13.2 Å². The second kappa shape index (κ2) is 8.61. The number of ketones is 2. The minimum Gasteiger partial charge on any atom is -0.512 e. The highest BCUT2D eigenvalue weighted by molar-refractivity contribution is 7.53. The van der Waals surface area contributed by atoms with Crippen molar-refractivity contribution in [3.63, 3.8) is 0 Å². The van der Waals surface area contributed by atoms with Gasteiger partial charge in [0.05, 0.1) is 31.4 Å². The van der Waals surface area contributed by atoms with Crippen LogP contribution in [0.25, 0.3) is 0 Å². The SMILES string of the molecule is CCOP(=O)(Cc1ccoc1C(=O)CC1=C(O)CCCC1=O)OCC. The van der Waals surface area contributed by atoms with Crippen LogP contribution in [-0.4, -0.2) is 29.9 Å². The number of aliphatic hydroxyl groups excluding tert-OH is 1. The minimum atomic E-state index is -3.38. The normalized spacial score (nSPS) is 15.7. The standard InChI is InChI=1S/C17H23O7P/c1-3-23-25(21,24-4-2)11-12-8-9-22-17(12)16(20)10-13-14(18)6-5-7-15(13)19/h8-9,18H,3-7,10-11H2,1-2H3. The molecule has 0 saturated heterocycles. The number of Topliss-reactive ketones (excluding diaryl/α,β-unsaturated/α-hetero) is 2. The van der Waals surface area contributed by atoms with Crippen molar-refractivity contribution in [3.8, 4) is 0 Å². The van der Waals surface area contributed by atoms with E-state index >= 15 is 0 Å². The first kappa shape index (κ1) is 19.6. The molecule has 0 amide bonds. The molecule has 0 fully saturated rings. The molecule has 1 aromatic heterocycles. The second-order valence-corrected chi connectivity index (χ2v) is 7.74. The zero-order valence-corrected chi connectivity index (χ0v) is 15.3. The summed E-state index contributed by atoms with van der Waals surface area (Å²) in [5, 5.41) is 9.87. The predicted molar refractivity (Wildman–Crippen MR) is 90.7 cm³/mol. The maximum atomic E-state index is 12.6. The molecule has 0 radical (unpaired) electrons. The Morgan fingerprint density at radius 2 is 1.96 bits per heavy atom. The molecular weight excluding hydrogens is 347 g/mol. The molecule has 0 spiro atoms. The highest BCUT2D eigenvalue weighted by atomic mass is 31.2. The number of rotatable bonds is 9. The third-order valence-electron chi connectivity index (χ3n) is 3.86. The lowest BCUT2D eigenvalue weighted by atomic mass is 9.92. The average Bonchev–Trinajstić information content (AvgIpc) is 2.99. The van der Waals surface area contributed by atoms with Crippen LogP contribution >= 0.6 is 7.60 Å². The Kier molecular flexibility index (Phi) is 6.76. The molecule has 0 aliphatic heterocycles. The molecule has 0 atom stereocenters. The minimum absolute atomic E-state index is 0.0123. The van der Waals surface area contributed by atoms with Crippen molar-refractivity contribution in [1.82, 2.24) is 0 Å². The monoisotopic (exact) mass is 370 g/mol. The van der Waals surface area contributed by atoms with E-state index in [2.05, 4.69) is 0 Å². The van der Waals surface area contributed by atoms with Crippen molar-refractivity contribution in [3.05, 3.63) is 35.0 Å². The van der Waals surface area contributed by atoms with Gasteiger partial charge in [0.25, 0.3) is 0 Å². The van der Waals surface area contributed by atoms with Crippen LogP contribution in [-0.2, 0) is 24.6 Å². The number of aliphatic hydroxyl groups is 1. The molecule has 1 aliphatic rings. The van der Waals surface area contributed by atoms with E-state index in [0.717, 1.165) is 0 Å². The lowest BCUT2D eigenvalue weighted by Gasteiger charge is -2.17. The van der Waals surface area contributed by atoms with Crippen LogP contribution < -0.4 is 0 Å². The first-order valence-corrected chi connectivity index (χ1v) is 10.0. The topological polar surface area (TPSA) is 103 Å². The largest absolute Gasteiger partial charge is 0.512 e. The van der Waals surface area contributed by atoms with Gasteiger partial charge in [0.1, 0.15) is 0 Å². The van der Waals surface area contributed by atoms with Crippen molar-refractivity contribution in [2.45, 2.75) is 45.7 Å². The molecule has 1 aliphatic carbocycles. The van der Waals surface area contributed by atoms with Gasteiger partial charge in [-0.25, -0.2) is 0 Å². The number of carbonyl (C=O) groups is 2. The lowest BCUT2D eigenvalue weighted by Crippen LogP contribution is -2.15. The van der Waals surface area contributed by atoms with E-state index in [0.29, 0.717) is 24.8 Å². The molecule has 0 saturated carbocycles. The van der Waals surface area contributed by atoms with Gasteiger partial charge in [0.2, 0.25) is 5.78 Å². The molecule has 1 N–H and O–H groups in total. The quantitative estimate of drug-likeness (QED) is 0.513. The Morgan fingerprint density at radius 1 is 1.28 bits per heavy atom. The number of hydrogen-bond donors (Lipinski definition) is 1. The average molecular weight is 370 g/mol. The molecule has 7 nitrogen and oxygen atoms in total. The Bertz CT molecular complexity index is 706. The van der Waals surface area contributed by atoms with Gasteiger partial charge in [-0.2, -0.15) is 0 Å². The summed E-state index contributed by atoms with van der Waals surface area (Å²) in [4.78, 5) is 24.4. The fourth-order valence-corrected chi connectivity index (χ4v) is 4.47. The summed E-state index contributed by atoms with van der Waals surface area (Å²) in [6.45, 7) is 3.84. The highest BCUT2D eigenvalue weighted by Gasteiger charge is 2.30. The first-order valence-electron chi connectivity index (χ1n) is 8.32. The summed E-state index contributed by atoms with van der Waals surface area (Å²) < 4.78 is 28.4. The van der Waals surface area contributed by atoms with E-state index in [1.807, 2.05) is 0 Å². The van der Waals surface area contributed by atoms with Crippen LogP contribution in [0, 0.1) is 0 Å². The van der Waals surface area contributed by atoms with Crippen molar-refractivity contribution >= 4 is 19.2 Å². The Balaban J connectivity index is 2.19. The molecule has 0 aromatic carbocycles.